The molecule has 2 aliphatic carbocycles. The average Bonchev–Trinajstić information content (AvgIpc) is 3.63. The van der Waals surface area contributed by atoms with Crippen molar-refractivity contribution in [2.24, 2.45) is 28.6 Å². The Morgan fingerprint density at radius 2 is 1.89 bits per heavy atom. The molecule has 1 saturated carbocycles. The molecule has 7 atom stereocenters. The fourth-order valence-electron chi connectivity index (χ4n) is 8.11. The highest BCUT2D eigenvalue weighted by molar-refractivity contribution is 5.55. The minimum Gasteiger partial charge on any atom is -0.504 e. The van der Waals surface area contributed by atoms with Gasteiger partial charge in [0.25, 0.3) is 0 Å². The van der Waals surface area contributed by atoms with E-state index in [-0.39, 0.29) is 34.5 Å². The third-order valence-electron chi connectivity index (χ3n) is 10.9. The number of piperidine rings is 1. The van der Waals surface area contributed by atoms with Crippen molar-refractivity contribution in [3.63, 3.8) is 0 Å². The number of phenolic OH excluding ortho intramolecular Hbond substituents is 1. The van der Waals surface area contributed by atoms with Gasteiger partial charge >= 0.3 is 0 Å². The van der Waals surface area contributed by atoms with E-state index in [1.165, 1.54) is 30.5 Å². The SMILES string of the molecule is CCC12CC(C(C)(O)C(C)(C)C)C(OC)C(C)COc3c(O)ccc4c3C1CCN(CC1CC1)C2C4. The Morgan fingerprint density at radius 1 is 1.17 bits per heavy atom. The molecule has 0 amide bonds. The fraction of sp³-hybridized carbons (Fsp3) is 0.806. The zero-order valence-electron chi connectivity index (χ0n) is 23.6. The summed E-state index contributed by atoms with van der Waals surface area (Å²) < 4.78 is 12.8. The van der Waals surface area contributed by atoms with E-state index in [9.17, 15) is 10.2 Å². The average molecular weight is 500 g/mol. The van der Waals surface area contributed by atoms with E-state index >= 15 is 0 Å². The van der Waals surface area contributed by atoms with Gasteiger partial charge in [0.1, 0.15) is 0 Å². The number of ether oxygens (including phenoxy) is 2. The Bertz CT molecular complexity index is 964. The summed E-state index contributed by atoms with van der Waals surface area (Å²) in [4.78, 5) is 2.80. The van der Waals surface area contributed by atoms with Gasteiger partial charge in [0, 0.05) is 37.1 Å². The Hall–Kier alpha value is -1.30. The van der Waals surface area contributed by atoms with Gasteiger partial charge in [-0.2, -0.15) is 0 Å². The Balaban J connectivity index is 1.71. The number of benzene rings is 1. The smallest absolute Gasteiger partial charge is 0.164 e. The second-order valence-corrected chi connectivity index (χ2v) is 13.8. The zero-order chi connectivity index (χ0) is 26.0. The molecule has 1 aromatic carbocycles. The van der Waals surface area contributed by atoms with Crippen LogP contribution in [0.3, 0.4) is 0 Å². The van der Waals surface area contributed by atoms with Gasteiger partial charge in [-0.25, -0.2) is 0 Å². The minimum atomic E-state index is -0.916. The van der Waals surface area contributed by atoms with Crippen LogP contribution in [0.2, 0.25) is 0 Å². The molecule has 1 saturated heterocycles. The molecule has 2 fully saturated rings. The van der Waals surface area contributed by atoms with Gasteiger partial charge in [0.2, 0.25) is 0 Å². The number of aromatic hydroxyl groups is 1. The molecule has 1 aromatic rings. The van der Waals surface area contributed by atoms with Crippen molar-refractivity contribution in [1.29, 1.82) is 0 Å². The molecule has 0 spiro atoms. The summed E-state index contributed by atoms with van der Waals surface area (Å²) in [5, 5.41) is 23.3. The highest BCUT2D eigenvalue weighted by Gasteiger charge is 2.59. The normalized spacial score (nSPS) is 36.6. The van der Waals surface area contributed by atoms with Gasteiger partial charge in [-0.15, -0.1) is 0 Å². The first-order valence-corrected chi connectivity index (χ1v) is 14.4. The van der Waals surface area contributed by atoms with Gasteiger partial charge in [-0.3, -0.25) is 4.90 Å². The van der Waals surface area contributed by atoms with E-state index in [1.54, 1.807) is 7.11 Å². The van der Waals surface area contributed by atoms with Crippen LogP contribution in [0.5, 0.6) is 11.5 Å². The Kier molecular flexibility index (Phi) is 6.70. The van der Waals surface area contributed by atoms with Gasteiger partial charge in [0.05, 0.1) is 18.3 Å². The van der Waals surface area contributed by atoms with Gasteiger partial charge in [-0.1, -0.05) is 40.7 Å². The number of aliphatic hydroxyl groups is 1. The number of rotatable bonds is 5. The maximum atomic E-state index is 12.3. The van der Waals surface area contributed by atoms with Crippen molar-refractivity contribution < 1.29 is 19.7 Å². The van der Waals surface area contributed by atoms with Crippen LogP contribution in [-0.2, 0) is 11.2 Å². The number of hydrogen-bond donors (Lipinski definition) is 2. The lowest BCUT2D eigenvalue weighted by molar-refractivity contribution is -0.171. The molecule has 0 aromatic heterocycles. The lowest BCUT2D eigenvalue weighted by Gasteiger charge is -2.61. The van der Waals surface area contributed by atoms with Crippen LogP contribution in [0.25, 0.3) is 0 Å². The molecule has 4 aliphatic rings. The maximum absolute atomic E-state index is 12.3. The third kappa shape index (κ3) is 4.08. The van der Waals surface area contributed by atoms with Gasteiger partial charge in [-0.05, 0) is 86.3 Å². The van der Waals surface area contributed by atoms with Crippen LogP contribution in [0.15, 0.2) is 12.1 Å². The fourth-order valence-corrected chi connectivity index (χ4v) is 8.11. The second kappa shape index (κ2) is 9.17. The molecule has 5 heteroatoms. The number of methoxy groups -OCH3 is 1. The maximum Gasteiger partial charge on any atom is 0.164 e. The van der Waals surface area contributed by atoms with Crippen LogP contribution < -0.4 is 4.74 Å². The molecule has 2 N–H and O–H groups in total. The predicted octanol–water partition coefficient (Wildman–Crippen LogP) is 5.76. The van der Waals surface area contributed by atoms with E-state index in [2.05, 4.69) is 45.6 Å². The molecule has 4 bridgehead atoms. The van der Waals surface area contributed by atoms with Crippen molar-refractivity contribution in [3.05, 3.63) is 23.3 Å². The summed E-state index contributed by atoms with van der Waals surface area (Å²) >= 11 is 0. The van der Waals surface area contributed by atoms with Crippen LogP contribution in [0, 0.1) is 28.6 Å². The molecule has 0 radical (unpaired) electrons. The topological polar surface area (TPSA) is 62.2 Å². The number of nitrogens with zero attached hydrogens (tertiary/aromatic N) is 1. The molecular weight excluding hydrogens is 450 g/mol. The second-order valence-electron chi connectivity index (χ2n) is 13.8. The number of hydrogen-bond acceptors (Lipinski definition) is 5. The van der Waals surface area contributed by atoms with Crippen molar-refractivity contribution in [1.82, 2.24) is 4.90 Å². The number of phenols is 1. The first-order valence-electron chi connectivity index (χ1n) is 14.4. The summed E-state index contributed by atoms with van der Waals surface area (Å²) in [6, 6.07) is 4.41. The van der Waals surface area contributed by atoms with E-state index in [4.69, 9.17) is 9.47 Å². The van der Waals surface area contributed by atoms with Crippen LogP contribution >= 0.6 is 0 Å². The third-order valence-corrected chi connectivity index (χ3v) is 10.9. The zero-order valence-corrected chi connectivity index (χ0v) is 23.6. The summed E-state index contributed by atoms with van der Waals surface area (Å²) in [7, 11) is 1.79. The van der Waals surface area contributed by atoms with E-state index in [0.29, 0.717) is 24.3 Å². The van der Waals surface area contributed by atoms with E-state index in [1.807, 2.05) is 13.0 Å². The van der Waals surface area contributed by atoms with Crippen LogP contribution in [0.1, 0.15) is 90.7 Å². The standard InChI is InChI=1S/C31H49NO4/c1-8-31-16-23(30(6,34)29(3,4)5)27(35-7)19(2)18-36-28-24(33)12-11-21-15-25(31)32(17-20-9-10-20)14-13-22(31)26(21)28/h11-12,19-20,22-23,25,27,33-34H,8-10,13-18H2,1-7H3. The monoisotopic (exact) mass is 499 g/mol. The molecule has 2 aliphatic heterocycles. The summed E-state index contributed by atoms with van der Waals surface area (Å²) in [5.41, 5.74) is 1.36. The van der Waals surface area contributed by atoms with E-state index < -0.39 is 5.60 Å². The van der Waals surface area contributed by atoms with Crippen molar-refractivity contribution in [2.75, 3.05) is 26.8 Å². The van der Waals surface area contributed by atoms with Crippen LogP contribution in [0.4, 0.5) is 0 Å². The highest BCUT2D eigenvalue weighted by atomic mass is 16.5. The van der Waals surface area contributed by atoms with Crippen molar-refractivity contribution in [3.8, 4) is 11.5 Å². The quantitative estimate of drug-likeness (QED) is 0.539. The molecular formula is C31H49NO4. The molecule has 36 heavy (non-hydrogen) atoms. The van der Waals surface area contributed by atoms with Gasteiger partial charge in [0.15, 0.2) is 11.5 Å². The summed E-state index contributed by atoms with van der Waals surface area (Å²) in [6.07, 6.45) is 6.59. The van der Waals surface area contributed by atoms with Crippen molar-refractivity contribution in [2.45, 2.75) is 104 Å². The van der Waals surface area contributed by atoms with Crippen LogP contribution in [-0.4, -0.2) is 59.7 Å². The molecule has 7 unspecified atom stereocenters. The Morgan fingerprint density at radius 3 is 2.50 bits per heavy atom. The molecule has 202 valence electrons. The molecule has 5 nitrogen and oxygen atoms in total. The van der Waals surface area contributed by atoms with Gasteiger partial charge < -0.3 is 19.7 Å². The first-order chi connectivity index (χ1) is 16.9. The lowest BCUT2D eigenvalue weighted by atomic mass is 9.51. The Labute approximate surface area is 218 Å². The summed E-state index contributed by atoms with van der Waals surface area (Å²) in [6.45, 7) is 15.8. The molecule has 5 rings (SSSR count). The lowest BCUT2D eigenvalue weighted by Crippen LogP contribution is -2.63. The highest BCUT2D eigenvalue weighted by Crippen LogP contribution is 2.62. The van der Waals surface area contributed by atoms with Crippen molar-refractivity contribution >= 4 is 0 Å². The van der Waals surface area contributed by atoms with E-state index in [0.717, 1.165) is 38.1 Å². The summed E-state index contributed by atoms with van der Waals surface area (Å²) in [5.74, 6) is 2.14. The molecule has 2 heterocycles. The predicted molar refractivity (Wildman–Crippen MR) is 144 cm³/mol. The largest absolute Gasteiger partial charge is 0.504 e. The number of likely N-dealkylation sites (tertiary alicyclic amines) is 1. The minimum absolute atomic E-state index is 0.0141. The first kappa shape index (κ1) is 26.3.